The van der Waals surface area contributed by atoms with Gasteiger partial charge in [0, 0.05) is 31.2 Å². The molecule has 114 valence electrons. The molecule has 0 aliphatic heterocycles. The lowest BCUT2D eigenvalue weighted by atomic mass is 10.1. The highest BCUT2D eigenvalue weighted by Crippen LogP contribution is 2.31. The van der Waals surface area contributed by atoms with E-state index < -0.39 is 10.0 Å². The normalized spacial score (nSPS) is 12.2. The molecule has 0 atom stereocenters. The lowest BCUT2D eigenvalue weighted by Gasteiger charge is -2.12. The van der Waals surface area contributed by atoms with Crippen LogP contribution in [0, 0.1) is 0 Å². The van der Waals surface area contributed by atoms with E-state index >= 15 is 0 Å². The molecule has 0 spiro atoms. The smallest absolute Gasteiger partial charge is 0.242 e. The Hall–Kier alpha value is -1.89. The Labute approximate surface area is 133 Å². The molecule has 0 amide bonds. The van der Waals surface area contributed by atoms with Crippen LogP contribution < -0.4 is 0 Å². The number of halogens is 1. The average Bonchev–Trinajstić information content (AvgIpc) is 2.93. The Bertz CT molecular complexity index is 948. The lowest BCUT2D eigenvalue weighted by Crippen LogP contribution is -2.22. The number of nitrogens with one attached hydrogen (secondary N) is 1. The summed E-state index contributed by atoms with van der Waals surface area (Å²) in [5, 5.41) is 1.25. The highest BCUT2D eigenvalue weighted by Gasteiger charge is 2.18. The number of aromatic amines is 1. The fourth-order valence-electron chi connectivity index (χ4n) is 2.20. The molecule has 1 N–H and O–H groups in total. The first-order valence-electron chi connectivity index (χ1n) is 6.56. The van der Waals surface area contributed by atoms with Crippen molar-refractivity contribution in [2.45, 2.75) is 4.90 Å². The van der Waals surface area contributed by atoms with E-state index in [1.807, 2.05) is 18.2 Å². The molecule has 0 saturated heterocycles. The van der Waals surface area contributed by atoms with Crippen molar-refractivity contribution in [2.75, 3.05) is 14.1 Å². The summed E-state index contributed by atoms with van der Waals surface area (Å²) in [5.41, 5.74) is 2.11. The van der Waals surface area contributed by atoms with E-state index in [4.69, 9.17) is 11.6 Å². The van der Waals surface area contributed by atoms with Crippen LogP contribution in [-0.4, -0.2) is 36.8 Å². The number of fused-ring (bicyclic) bond motifs is 1. The number of pyridine rings is 1. The molecule has 0 radical (unpaired) electrons. The molecule has 3 rings (SSSR count). The fourth-order valence-corrected chi connectivity index (χ4v) is 3.39. The van der Waals surface area contributed by atoms with Crippen molar-refractivity contribution in [3.63, 3.8) is 0 Å². The van der Waals surface area contributed by atoms with Gasteiger partial charge in [-0.1, -0.05) is 23.7 Å². The van der Waals surface area contributed by atoms with Crippen molar-refractivity contribution < 1.29 is 8.42 Å². The highest BCUT2D eigenvalue weighted by atomic mass is 35.5. The van der Waals surface area contributed by atoms with Gasteiger partial charge in [-0.3, -0.25) is 0 Å². The van der Waals surface area contributed by atoms with Crippen LogP contribution in [0.4, 0.5) is 0 Å². The molecule has 5 nitrogen and oxygen atoms in total. The average molecular weight is 336 g/mol. The molecule has 1 aromatic carbocycles. The summed E-state index contributed by atoms with van der Waals surface area (Å²) in [6, 6.07) is 10.5. The number of hydrogen-bond donors (Lipinski definition) is 1. The molecule has 0 unspecified atom stereocenters. The lowest BCUT2D eigenvalue weighted by molar-refractivity contribution is 0.521. The number of benzene rings is 1. The molecule has 2 aromatic heterocycles. The van der Waals surface area contributed by atoms with Crippen molar-refractivity contribution in [1.29, 1.82) is 0 Å². The number of H-pyrrole nitrogens is 1. The molecule has 22 heavy (non-hydrogen) atoms. The van der Waals surface area contributed by atoms with Crippen LogP contribution in [0.3, 0.4) is 0 Å². The van der Waals surface area contributed by atoms with Crippen molar-refractivity contribution in [1.82, 2.24) is 14.3 Å². The molecule has 0 fully saturated rings. The molecule has 0 aliphatic carbocycles. The molecule has 2 heterocycles. The number of aromatic nitrogens is 2. The van der Waals surface area contributed by atoms with E-state index in [1.54, 1.807) is 24.4 Å². The van der Waals surface area contributed by atoms with Crippen LogP contribution in [0.5, 0.6) is 0 Å². The summed E-state index contributed by atoms with van der Waals surface area (Å²) in [5.74, 6) is 0. The SMILES string of the molecule is CN(C)S(=O)(=O)c1cccc(-c2cc3cc[nH]c3nc2Cl)c1. The van der Waals surface area contributed by atoms with Gasteiger partial charge in [-0.25, -0.2) is 17.7 Å². The predicted molar refractivity (Wildman–Crippen MR) is 87.4 cm³/mol. The van der Waals surface area contributed by atoms with Gasteiger partial charge in [0.05, 0.1) is 4.90 Å². The monoisotopic (exact) mass is 335 g/mol. The van der Waals surface area contributed by atoms with E-state index in [1.165, 1.54) is 18.4 Å². The van der Waals surface area contributed by atoms with Gasteiger partial charge in [-0.05, 0) is 29.8 Å². The number of hydrogen-bond acceptors (Lipinski definition) is 3. The summed E-state index contributed by atoms with van der Waals surface area (Å²) in [4.78, 5) is 7.50. The van der Waals surface area contributed by atoms with Crippen LogP contribution in [0.2, 0.25) is 5.15 Å². The molecule has 3 aromatic rings. The Kier molecular flexibility index (Phi) is 3.68. The maximum absolute atomic E-state index is 12.2. The molecule has 0 aliphatic rings. The Morgan fingerprint density at radius 2 is 1.95 bits per heavy atom. The summed E-state index contributed by atoms with van der Waals surface area (Å²) >= 11 is 6.23. The number of sulfonamides is 1. The minimum atomic E-state index is -3.49. The number of nitrogens with zero attached hydrogens (tertiary/aromatic N) is 2. The molecule has 7 heteroatoms. The maximum atomic E-state index is 12.2. The van der Waals surface area contributed by atoms with Gasteiger partial charge >= 0.3 is 0 Å². The predicted octanol–water partition coefficient (Wildman–Crippen LogP) is 3.13. The fraction of sp³-hybridized carbons (Fsp3) is 0.133. The van der Waals surface area contributed by atoms with E-state index in [-0.39, 0.29) is 4.90 Å². The highest BCUT2D eigenvalue weighted by molar-refractivity contribution is 7.89. The third kappa shape index (κ3) is 2.49. The van der Waals surface area contributed by atoms with Crippen molar-refractivity contribution in [2.24, 2.45) is 0 Å². The van der Waals surface area contributed by atoms with Gasteiger partial charge in [-0.2, -0.15) is 0 Å². The first-order chi connectivity index (χ1) is 10.4. The summed E-state index contributed by atoms with van der Waals surface area (Å²) in [6.07, 6.45) is 1.78. The van der Waals surface area contributed by atoms with E-state index in [9.17, 15) is 8.42 Å². The molecule has 0 saturated carbocycles. The van der Waals surface area contributed by atoms with Gasteiger partial charge in [0.2, 0.25) is 10.0 Å². The second kappa shape index (κ2) is 5.39. The van der Waals surface area contributed by atoms with Crippen LogP contribution in [0.1, 0.15) is 0 Å². The third-order valence-electron chi connectivity index (χ3n) is 3.41. The third-order valence-corrected chi connectivity index (χ3v) is 5.51. The van der Waals surface area contributed by atoms with Crippen LogP contribution in [0.15, 0.2) is 47.5 Å². The second-order valence-electron chi connectivity index (χ2n) is 5.06. The molecular weight excluding hydrogens is 322 g/mol. The minimum absolute atomic E-state index is 0.222. The Morgan fingerprint density at radius 3 is 2.68 bits per heavy atom. The van der Waals surface area contributed by atoms with E-state index in [0.717, 1.165) is 5.39 Å². The van der Waals surface area contributed by atoms with Gasteiger partial charge in [0.1, 0.15) is 10.8 Å². The number of rotatable bonds is 3. The molecule has 0 bridgehead atoms. The Balaban J connectivity index is 2.17. The zero-order valence-electron chi connectivity index (χ0n) is 12.0. The van der Waals surface area contributed by atoms with Crippen LogP contribution >= 0.6 is 11.6 Å². The van der Waals surface area contributed by atoms with Crippen LogP contribution in [-0.2, 0) is 10.0 Å². The minimum Gasteiger partial charge on any atom is -0.346 e. The summed E-state index contributed by atoms with van der Waals surface area (Å²) in [6.45, 7) is 0. The zero-order chi connectivity index (χ0) is 15.9. The van der Waals surface area contributed by atoms with Gasteiger partial charge in [0.25, 0.3) is 0 Å². The standard InChI is InChI=1S/C15H14ClN3O2S/c1-19(2)22(20,21)12-5-3-4-10(8-12)13-9-11-6-7-17-15(11)18-14(13)16/h3-9H,1-2H3,(H,17,18). The van der Waals surface area contributed by atoms with Crippen molar-refractivity contribution >= 4 is 32.7 Å². The van der Waals surface area contributed by atoms with Crippen molar-refractivity contribution in [3.8, 4) is 11.1 Å². The van der Waals surface area contributed by atoms with E-state index in [0.29, 0.717) is 21.9 Å². The largest absolute Gasteiger partial charge is 0.346 e. The van der Waals surface area contributed by atoms with Gasteiger partial charge in [0.15, 0.2) is 0 Å². The summed E-state index contributed by atoms with van der Waals surface area (Å²) < 4.78 is 25.7. The Morgan fingerprint density at radius 1 is 1.18 bits per heavy atom. The van der Waals surface area contributed by atoms with Gasteiger partial charge in [-0.15, -0.1) is 0 Å². The van der Waals surface area contributed by atoms with Crippen molar-refractivity contribution in [3.05, 3.63) is 47.7 Å². The second-order valence-corrected chi connectivity index (χ2v) is 7.57. The van der Waals surface area contributed by atoms with Crippen LogP contribution in [0.25, 0.3) is 22.2 Å². The topological polar surface area (TPSA) is 66.1 Å². The maximum Gasteiger partial charge on any atom is 0.242 e. The summed E-state index contributed by atoms with van der Waals surface area (Å²) in [7, 11) is -0.483. The quantitative estimate of drug-likeness (QED) is 0.748. The molecular formula is C15H14ClN3O2S. The first-order valence-corrected chi connectivity index (χ1v) is 8.38. The first kappa shape index (κ1) is 15.0. The van der Waals surface area contributed by atoms with Gasteiger partial charge < -0.3 is 4.98 Å². The van der Waals surface area contributed by atoms with E-state index in [2.05, 4.69) is 9.97 Å². The zero-order valence-corrected chi connectivity index (χ0v) is 13.6.